The molecule has 1 rings (SSSR count). The van der Waals surface area contributed by atoms with Crippen molar-refractivity contribution in [1.82, 2.24) is 15.5 Å². The average molecular weight is 213 g/mol. The Morgan fingerprint density at radius 1 is 1.40 bits per heavy atom. The number of rotatable bonds is 5. The van der Waals surface area contributed by atoms with Gasteiger partial charge in [0.2, 0.25) is 0 Å². The summed E-state index contributed by atoms with van der Waals surface area (Å²) < 4.78 is 0. The number of hydrogen-bond acceptors (Lipinski definition) is 3. The monoisotopic (exact) mass is 213 g/mol. The van der Waals surface area contributed by atoms with Gasteiger partial charge in [0, 0.05) is 38.3 Å². The third kappa shape index (κ3) is 4.96. The van der Waals surface area contributed by atoms with Gasteiger partial charge in [-0.2, -0.15) is 0 Å². The van der Waals surface area contributed by atoms with E-state index in [1.807, 2.05) is 7.05 Å². The first-order valence-corrected chi connectivity index (χ1v) is 6.24. The van der Waals surface area contributed by atoms with Crippen LogP contribution in [0.5, 0.6) is 0 Å². The van der Waals surface area contributed by atoms with Gasteiger partial charge in [-0.1, -0.05) is 13.8 Å². The summed E-state index contributed by atoms with van der Waals surface area (Å²) in [6, 6.07) is 1.30. The van der Waals surface area contributed by atoms with Crippen molar-refractivity contribution in [3.63, 3.8) is 0 Å². The Morgan fingerprint density at radius 3 is 2.73 bits per heavy atom. The van der Waals surface area contributed by atoms with Crippen LogP contribution in [0.2, 0.25) is 0 Å². The van der Waals surface area contributed by atoms with E-state index in [9.17, 15) is 0 Å². The van der Waals surface area contributed by atoms with Gasteiger partial charge in [0.1, 0.15) is 0 Å². The summed E-state index contributed by atoms with van der Waals surface area (Å²) in [6.07, 6.45) is 1.30. The Morgan fingerprint density at radius 2 is 2.13 bits per heavy atom. The van der Waals surface area contributed by atoms with E-state index in [4.69, 9.17) is 0 Å². The van der Waals surface area contributed by atoms with E-state index in [0.29, 0.717) is 12.1 Å². The van der Waals surface area contributed by atoms with Gasteiger partial charge in [-0.3, -0.25) is 4.90 Å². The Kier molecular flexibility index (Phi) is 5.58. The summed E-state index contributed by atoms with van der Waals surface area (Å²) in [5.74, 6) is 0.796. The highest BCUT2D eigenvalue weighted by molar-refractivity contribution is 4.80. The lowest BCUT2D eigenvalue weighted by molar-refractivity contribution is 0.175. The summed E-state index contributed by atoms with van der Waals surface area (Å²) in [6.45, 7) is 11.6. The van der Waals surface area contributed by atoms with Crippen molar-refractivity contribution in [3.8, 4) is 0 Å². The topological polar surface area (TPSA) is 27.3 Å². The number of piperazine rings is 1. The second kappa shape index (κ2) is 6.46. The molecule has 0 bridgehead atoms. The van der Waals surface area contributed by atoms with Crippen LogP contribution in [0, 0.1) is 5.92 Å². The Bertz CT molecular complexity index is 170. The highest BCUT2D eigenvalue weighted by Gasteiger charge is 2.20. The normalized spacial score (nSPS) is 25.8. The second-order valence-corrected chi connectivity index (χ2v) is 5.23. The van der Waals surface area contributed by atoms with Crippen LogP contribution in [0.3, 0.4) is 0 Å². The minimum absolute atomic E-state index is 0.600. The summed E-state index contributed by atoms with van der Waals surface area (Å²) in [5, 5.41) is 6.92. The molecule has 1 aliphatic rings. The standard InChI is InChI=1S/C12H27N3/c1-10(2)7-12-9-15(6-5-14-12)8-11(3)13-4/h10-14H,5-9H2,1-4H3. The van der Waals surface area contributed by atoms with Crippen LogP contribution in [0.4, 0.5) is 0 Å². The molecule has 2 N–H and O–H groups in total. The quantitative estimate of drug-likeness (QED) is 0.711. The van der Waals surface area contributed by atoms with Gasteiger partial charge in [-0.15, -0.1) is 0 Å². The summed E-state index contributed by atoms with van der Waals surface area (Å²) >= 11 is 0. The van der Waals surface area contributed by atoms with Crippen LogP contribution in [-0.4, -0.2) is 50.2 Å². The van der Waals surface area contributed by atoms with Crippen molar-refractivity contribution in [3.05, 3.63) is 0 Å². The molecule has 1 saturated heterocycles. The van der Waals surface area contributed by atoms with Crippen LogP contribution < -0.4 is 10.6 Å². The lowest BCUT2D eigenvalue weighted by Gasteiger charge is -2.35. The maximum Gasteiger partial charge on any atom is 0.0198 e. The SMILES string of the molecule is CNC(C)CN1CCNC(CC(C)C)C1. The van der Waals surface area contributed by atoms with Crippen molar-refractivity contribution < 1.29 is 0 Å². The van der Waals surface area contributed by atoms with Crippen LogP contribution in [-0.2, 0) is 0 Å². The predicted octanol–water partition coefficient (Wildman–Crippen LogP) is 0.914. The molecule has 1 heterocycles. The van der Waals surface area contributed by atoms with Crippen molar-refractivity contribution in [2.45, 2.75) is 39.3 Å². The molecular weight excluding hydrogens is 186 g/mol. The van der Waals surface area contributed by atoms with Crippen LogP contribution in [0.25, 0.3) is 0 Å². The molecule has 0 aromatic heterocycles. The molecule has 3 nitrogen and oxygen atoms in total. The molecule has 1 fully saturated rings. The van der Waals surface area contributed by atoms with E-state index in [1.54, 1.807) is 0 Å². The van der Waals surface area contributed by atoms with Crippen molar-refractivity contribution >= 4 is 0 Å². The fourth-order valence-corrected chi connectivity index (χ4v) is 2.27. The fourth-order valence-electron chi connectivity index (χ4n) is 2.27. The minimum atomic E-state index is 0.600. The van der Waals surface area contributed by atoms with Gasteiger partial charge in [0.05, 0.1) is 0 Å². The Labute approximate surface area is 94.6 Å². The van der Waals surface area contributed by atoms with E-state index < -0.39 is 0 Å². The lowest BCUT2D eigenvalue weighted by Crippen LogP contribution is -2.53. The second-order valence-electron chi connectivity index (χ2n) is 5.23. The maximum atomic E-state index is 3.61. The van der Waals surface area contributed by atoms with E-state index in [0.717, 1.165) is 12.5 Å². The van der Waals surface area contributed by atoms with Gasteiger partial charge < -0.3 is 10.6 Å². The minimum Gasteiger partial charge on any atom is -0.316 e. The summed E-state index contributed by atoms with van der Waals surface area (Å²) in [5.41, 5.74) is 0. The number of likely N-dealkylation sites (N-methyl/N-ethyl adjacent to an activating group) is 1. The maximum absolute atomic E-state index is 3.61. The first-order valence-electron chi connectivity index (χ1n) is 6.24. The zero-order valence-electron chi connectivity index (χ0n) is 10.7. The molecule has 2 unspecified atom stereocenters. The van der Waals surface area contributed by atoms with E-state index >= 15 is 0 Å². The number of nitrogens with one attached hydrogen (secondary N) is 2. The molecule has 0 aromatic rings. The van der Waals surface area contributed by atoms with Gasteiger partial charge in [0.25, 0.3) is 0 Å². The van der Waals surface area contributed by atoms with Gasteiger partial charge in [-0.05, 0) is 26.3 Å². The van der Waals surface area contributed by atoms with Gasteiger partial charge in [-0.25, -0.2) is 0 Å². The Balaban J connectivity index is 2.28. The molecule has 0 spiro atoms. The van der Waals surface area contributed by atoms with Crippen molar-refractivity contribution in [1.29, 1.82) is 0 Å². The van der Waals surface area contributed by atoms with E-state index in [2.05, 4.69) is 36.3 Å². The van der Waals surface area contributed by atoms with Gasteiger partial charge in [0.15, 0.2) is 0 Å². The molecule has 0 aromatic carbocycles. The first-order chi connectivity index (χ1) is 7.11. The summed E-state index contributed by atoms with van der Waals surface area (Å²) in [4.78, 5) is 2.57. The third-order valence-electron chi connectivity index (χ3n) is 3.12. The molecule has 15 heavy (non-hydrogen) atoms. The largest absolute Gasteiger partial charge is 0.316 e. The Hall–Kier alpha value is -0.120. The summed E-state index contributed by atoms with van der Waals surface area (Å²) in [7, 11) is 2.04. The smallest absolute Gasteiger partial charge is 0.0198 e. The van der Waals surface area contributed by atoms with Gasteiger partial charge >= 0.3 is 0 Å². The molecule has 3 heteroatoms. The van der Waals surface area contributed by atoms with E-state index in [-0.39, 0.29) is 0 Å². The predicted molar refractivity (Wildman–Crippen MR) is 66.2 cm³/mol. The molecule has 90 valence electrons. The van der Waals surface area contributed by atoms with Crippen molar-refractivity contribution in [2.24, 2.45) is 5.92 Å². The highest BCUT2D eigenvalue weighted by Crippen LogP contribution is 2.09. The molecule has 1 aliphatic heterocycles. The molecular formula is C12H27N3. The molecule has 0 amide bonds. The van der Waals surface area contributed by atoms with E-state index in [1.165, 1.54) is 26.1 Å². The zero-order chi connectivity index (χ0) is 11.3. The molecule has 0 aliphatic carbocycles. The van der Waals surface area contributed by atoms with Crippen LogP contribution in [0.1, 0.15) is 27.2 Å². The highest BCUT2D eigenvalue weighted by atomic mass is 15.2. The zero-order valence-corrected chi connectivity index (χ0v) is 10.7. The number of nitrogens with zero attached hydrogens (tertiary/aromatic N) is 1. The first kappa shape index (κ1) is 12.9. The third-order valence-corrected chi connectivity index (χ3v) is 3.12. The molecule has 0 radical (unpaired) electrons. The lowest BCUT2D eigenvalue weighted by atomic mass is 10.0. The van der Waals surface area contributed by atoms with Crippen LogP contribution >= 0.6 is 0 Å². The molecule has 0 saturated carbocycles. The molecule has 2 atom stereocenters. The number of hydrogen-bond donors (Lipinski definition) is 2. The average Bonchev–Trinajstić information content (AvgIpc) is 2.17. The fraction of sp³-hybridized carbons (Fsp3) is 1.00. The van der Waals surface area contributed by atoms with Crippen molar-refractivity contribution in [2.75, 3.05) is 33.2 Å². The van der Waals surface area contributed by atoms with Crippen LogP contribution in [0.15, 0.2) is 0 Å².